The minimum absolute atomic E-state index is 0.311. The second-order valence-electron chi connectivity index (χ2n) is 5.08. The van der Waals surface area contributed by atoms with Crippen LogP contribution < -0.4 is 11.3 Å². The molecule has 1 unspecified atom stereocenters. The fourth-order valence-corrected chi connectivity index (χ4v) is 2.58. The van der Waals surface area contributed by atoms with Crippen molar-refractivity contribution in [2.45, 2.75) is 26.8 Å². The Morgan fingerprint density at radius 2 is 1.70 bits per heavy atom. The Labute approximate surface area is 117 Å². The van der Waals surface area contributed by atoms with Gasteiger partial charge in [-0.25, -0.2) is 14.2 Å². The molecule has 106 valence electrons. The van der Waals surface area contributed by atoms with Crippen molar-refractivity contribution in [2.24, 2.45) is 5.84 Å². The number of hydrogen-bond donors (Lipinski definition) is 2. The van der Waals surface area contributed by atoms with Gasteiger partial charge in [-0.05, 0) is 61.2 Å². The minimum Gasteiger partial charge on any atom is -0.271 e. The molecule has 3 N–H and O–H groups in total. The molecular formula is C16H18F2N2. The number of aryl methyl sites for hydroxylation is 3. The van der Waals surface area contributed by atoms with Gasteiger partial charge in [0, 0.05) is 5.56 Å². The molecule has 0 spiro atoms. The molecule has 2 rings (SSSR count). The number of nitrogens with one attached hydrogen (secondary N) is 1. The van der Waals surface area contributed by atoms with Crippen LogP contribution in [0.5, 0.6) is 0 Å². The van der Waals surface area contributed by atoms with Gasteiger partial charge >= 0.3 is 0 Å². The van der Waals surface area contributed by atoms with Gasteiger partial charge in [0.05, 0.1) is 6.04 Å². The molecule has 0 heterocycles. The van der Waals surface area contributed by atoms with Crippen LogP contribution in [0.4, 0.5) is 8.78 Å². The lowest BCUT2D eigenvalue weighted by atomic mass is 9.91. The monoisotopic (exact) mass is 276 g/mol. The summed E-state index contributed by atoms with van der Waals surface area (Å²) < 4.78 is 27.5. The lowest BCUT2D eigenvalue weighted by Gasteiger charge is -2.22. The maximum atomic E-state index is 14.3. The van der Waals surface area contributed by atoms with Crippen molar-refractivity contribution in [1.82, 2.24) is 5.43 Å². The Bertz CT molecular complexity index is 615. The molecule has 0 aliphatic heterocycles. The fraction of sp³-hybridized carbons (Fsp3) is 0.250. The molecule has 0 aliphatic rings. The Morgan fingerprint density at radius 1 is 1.00 bits per heavy atom. The topological polar surface area (TPSA) is 38.0 Å². The Hall–Kier alpha value is -1.78. The molecule has 0 bridgehead atoms. The normalized spacial score (nSPS) is 12.5. The first-order valence-electron chi connectivity index (χ1n) is 6.43. The molecule has 0 saturated carbocycles. The molecular weight excluding hydrogens is 258 g/mol. The van der Waals surface area contributed by atoms with Crippen LogP contribution in [0.1, 0.15) is 33.9 Å². The highest BCUT2D eigenvalue weighted by atomic mass is 19.1. The minimum atomic E-state index is -0.504. The van der Waals surface area contributed by atoms with E-state index in [9.17, 15) is 8.78 Å². The summed E-state index contributed by atoms with van der Waals surface area (Å²) >= 11 is 0. The van der Waals surface area contributed by atoms with E-state index in [1.54, 1.807) is 13.0 Å². The highest BCUT2D eigenvalue weighted by Crippen LogP contribution is 2.29. The van der Waals surface area contributed by atoms with Crippen molar-refractivity contribution in [2.75, 3.05) is 0 Å². The number of rotatable bonds is 3. The maximum absolute atomic E-state index is 14.3. The van der Waals surface area contributed by atoms with Gasteiger partial charge in [-0.15, -0.1) is 0 Å². The number of halogens is 2. The lowest BCUT2D eigenvalue weighted by molar-refractivity contribution is 0.553. The summed E-state index contributed by atoms with van der Waals surface area (Å²) in [4.78, 5) is 0. The average Bonchev–Trinajstić information content (AvgIpc) is 2.34. The predicted octanol–water partition coefficient (Wildman–Crippen LogP) is 3.44. The third-order valence-electron chi connectivity index (χ3n) is 3.48. The molecule has 2 aromatic rings. The number of hydrogen-bond acceptors (Lipinski definition) is 2. The first kappa shape index (κ1) is 14.6. The molecule has 1 atom stereocenters. The van der Waals surface area contributed by atoms with Crippen molar-refractivity contribution < 1.29 is 8.78 Å². The van der Waals surface area contributed by atoms with Crippen LogP contribution >= 0.6 is 0 Å². The van der Waals surface area contributed by atoms with Crippen LogP contribution in [0.2, 0.25) is 0 Å². The van der Waals surface area contributed by atoms with Gasteiger partial charge in [0.2, 0.25) is 0 Å². The largest absolute Gasteiger partial charge is 0.271 e. The van der Waals surface area contributed by atoms with E-state index in [0.29, 0.717) is 5.56 Å². The zero-order chi connectivity index (χ0) is 14.9. The quantitative estimate of drug-likeness (QED) is 0.665. The smallest absolute Gasteiger partial charge is 0.128 e. The summed E-state index contributed by atoms with van der Waals surface area (Å²) in [7, 11) is 0. The summed E-state index contributed by atoms with van der Waals surface area (Å²) in [6, 6.07) is 7.28. The van der Waals surface area contributed by atoms with Gasteiger partial charge in [-0.3, -0.25) is 5.84 Å². The van der Waals surface area contributed by atoms with Crippen LogP contribution in [0.3, 0.4) is 0 Å². The molecule has 0 aromatic heterocycles. The number of benzene rings is 2. The lowest BCUT2D eigenvalue weighted by Crippen LogP contribution is -2.30. The first-order valence-corrected chi connectivity index (χ1v) is 6.43. The van der Waals surface area contributed by atoms with Crippen molar-refractivity contribution >= 4 is 0 Å². The van der Waals surface area contributed by atoms with Crippen LogP contribution in [0.15, 0.2) is 30.3 Å². The highest BCUT2D eigenvalue weighted by Gasteiger charge is 2.21. The highest BCUT2D eigenvalue weighted by molar-refractivity contribution is 5.42. The van der Waals surface area contributed by atoms with E-state index in [2.05, 4.69) is 5.43 Å². The molecule has 2 nitrogen and oxygen atoms in total. The van der Waals surface area contributed by atoms with E-state index in [1.807, 2.05) is 19.9 Å². The van der Waals surface area contributed by atoms with E-state index in [-0.39, 0.29) is 11.6 Å². The second kappa shape index (κ2) is 5.69. The molecule has 4 heteroatoms. The molecule has 0 radical (unpaired) electrons. The van der Waals surface area contributed by atoms with Gasteiger partial charge in [-0.1, -0.05) is 12.1 Å². The summed E-state index contributed by atoms with van der Waals surface area (Å²) in [6.07, 6.45) is 0. The van der Waals surface area contributed by atoms with E-state index in [4.69, 9.17) is 5.84 Å². The standard InChI is InChI=1S/C16H18F2N2/c1-9-6-11(3)15(14(18)7-9)16(20-19)13-5-4-12(17)8-10(13)2/h4-8,16,20H,19H2,1-3H3. The Kier molecular flexibility index (Phi) is 4.16. The first-order chi connectivity index (χ1) is 9.43. The Balaban J connectivity index is 2.58. The fourth-order valence-electron chi connectivity index (χ4n) is 2.58. The third kappa shape index (κ3) is 2.71. The van der Waals surface area contributed by atoms with Gasteiger partial charge in [0.15, 0.2) is 0 Å². The molecule has 20 heavy (non-hydrogen) atoms. The SMILES string of the molecule is Cc1cc(C)c(C(NN)c2ccc(F)cc2C)c(F)c1. The van der Waals surface area contributed by atoms with E-state index in [1.165, 1.54) is 18.2 Å². The zero-order valence-electron chi connectivity index (χ0n) is 11.8. The van der Waals surface area contributed by atoms with Crippen LogP contribution in [-0.4, -0.2) is 0 Å². The summed E-state index contributed by atoms with van der Waals surface area (Å²) in [5.41, 5.74) is 6.29. The van der Waals surface area contributed by atoms with E-state index >= 15 is 0 Å². The van der Waals surface area contributed by atoms with Gasteiger partial charge < -0.3 is 0 Å². The van der Waals surface area contributed by atoms with Crippen molar-refractivity contribution in [1.29, 1.82) is 0 Å². The average molecular weight is 276 g/mol. The number of nitrogens with two attached hydrogens (primary N) is 1. The van der Waals surface area contributed by atoms with E-state index < -0.39 is 6.04 Å². The second-order valence-corrected chi connectivity index (χ2v) is 5.08. The van der Waals surface area contributed by atoms with Gasteiger partial charge in [-0.2, -0.15) is 0 Å². The van der Waals surface area contributed by atoms with Gasteiger partial charge in [0.25, 0.3) is 0 Å². The molecule has 0 aliphatic carbocycles. The van der Waals surface area contributed by atoms with Crippen LogP contribution in [-0.2, 0) is 0 Å². The summed E-state index contributed by atoms with van der Waals surface area (Å²) in [5.74, 6) is 4.98. The van der Waals surface area contributed by atoms with E-state index in [0.717, 1.165) is 22.3 Å². The molecule has 0 saturated heterocycles. The summed E-state index contributed by atoms with van der Waals surface area (Å²) in [6.45, 7) is 5.46. The van der Waals surface area contributed by atoms with Crippen molar-refractivity contribution in [3.63, 3.8) is 0 Å². The predicted molar refractivity (Wildman–Crippen MR) is 76.2 cm³/mol. The van der Waals surface area contributed by atoms with Crippen molar-refractivity contribution in [3.05, 3.63) is 69.8 Å². The van der Waals surface area contributed by atoms with Gasteiger partial charge in [0.1, 0.15) is 11.6 Å². The molecule has 0 fully saturated rings. The zero-order valence-corrected chi connectivity index (χ0v) is 11.8. The molecule has 2 aromatic carbocycles. The third-order valence-corrected chi connectivity index (χ3v) is 3.48. The Morgan fingerprint density at radius 3 is 2.25 bits per heavy atom. The van der Waals surface area contributed by atoms with Crippen LogP contribution in [0, 0.1) is 32.4 Å². The van der Waals surface area contributed by atoms with Crippen molar-refractivity contribution in [3.8, 4) is 0 Å². The number of hydrazine groups is 1. The van der Waals surface area contributed by atoms with Crippen LogP contribution in [0.25, 0.3) is 0 Å². The maximum Gasteiger partial charge on any atom is 0.128 e. The summed E-state index contributed by atoms with van der Waals surface area (Å²) in [5, 5.41) is 0. The molecule has 0 amide bonds.